The molecule has 3 aliphatic heterocycles. The summed E-state index contributed by atoms with van der Waals surface area (Å²) in [4.78, 5) is 45.2. The van der Waals surface area contributed by atoms with E-state index in [9.17, 15) is 14.4 Å². The average Bonchev–Trinajstić information content (AvgIpc) is 3.16. The van der Waals surface area contributed by atoms with Crippen LogP contribution in [0.5, 0.6) is 0 Å². The molecule has 2 saturated carbocycles. The van der Waals surface area contributed by atoms with Crippen LogP contribution in [0.2, 0.25) is 0 Å². The van der Waals surface area contributed by atoms with Gasteiger partial charge in [0.15, 0.2) is 0 Å². The van der Waals surface area contributed by atoms with Crippen molar-refractivity contribution in [1.82, 2.24) is 20.2 Å². The van der Waals surface area contributed by atoms with Gasteiger partial charge < -0.3 is 19.9 Å². The van der Waals surface area contributed by atoms with Gasteiger partial charge in [-0.1, -0.05) is 0 Å². The van der Waals surface area contributed by atoms with E-state index in [-0.39, 0.29) is 35.0 Å². The Hall–Kier alpha value is -2.22. The first-order chi connectivity index (χ1) is 12.0. The number of aromatic amines is 1. The van der Waals surface area contributed by atoms with Gasteiger partial charge in [0.25, 0.3) is 17.4 Å². The highest BCUT2D eigenvalue weighted by atomic mass is 16.5. The van der Waals surface area contributed by atoms with Crippen LogP contribution in [0.15, 0.2) is 10.9 Å². The third kappa shape index (κ3) is 2.47. The molecule has 2 amide bonds. The fraction of sp³-hybridized carbons (Fsp3) is 0.647. The Morgan fingerprint density at radius 1 is 1.32 bits per heavy atom. The summed E-state index contributed by atoms with van der Waals surface area (Å²) in [5.74, 6) is 1.12. The summed E-state index contributed by atoms with van der Waals surface area (Å²) >= 11 is 0. The van der Waals surface area contributed by atoms with Gasteiger partial charge in [0.1, 0.15) is 17.1 Å². The maximum atomic E-state index is 12.5. The van der Waals surface area contributed by atoms with Gasteiger partial charge in [-0.3, -0.25) is 14.4 Å². The van der Waals surface area contributed by atoms with Crippen LogP contribution < -0.4 is 10.9 Å². The highest BCUT2D eigenvalue weighted by Crippen LogP contribution is 2.48. The highest BCUT2D eigenvalue weighted by molar-refractivity contribution is 5.93. The quantitative estimate of drug-likeness (QED) is 0.785. The highest BCUT2D eigenvalue weighted by Gasteiger charge is 2.57. The molecule has 3 saturated heterocycles. The Bertz CT molecular complexity index is 798. The van der Waals surface area contributed by atoms with Crippen molar-refractivity contribution in [2.24, 2.45) is 5.92 Å². The number of hydrogen-bond donors (Lipinski definition) is 2. The number of likely N-dealkylation sites (tertiary alicyclic amines) is 1. The number of fused-ring (bicyclic) bond motifs is 1. The monoisotopic (exact) mass is 344 g/mol. The molecular formula is C17H20N4O4. The van der Waals surface area contributed by atoms with E-state index in [1.54, 1.807) is 4.90 Å². The first kappa shape index (κ1) is 15.1. The molecule has 0 radical (unpaired) electrons. The van der Waals surface area contributed by atoms with E-state index in [1.165, 1.54) is 6.07 Å². The predicted octanol–water partition coefficient (Wildman–Crippen LogP) is -0.233. The minimum absolute atomic E-state index is 0.0522. The molecule has 0 aromatic carbocycles. The van der Waals surface area contributed by atoms with Crippen molar-refractivity contribution in [3.8, 4) is 0 Å². The molecule has 0 spiro atoms. The van der Waals surface area contributed by atoms with Crippen molar-refractivity contribution in [3.63, 3.8) is 0 Å². The fourth-order valence-corrected chi connectivity index (χ4v) is 3.99. The summed E-state index contributed by atoms with van der Waals surface area (Å²) in [6.45, 7) is 1.56. The van der Waals surface area contributed by atoms with Crippen LogP contribution in [0, 0.1) is 5.92 Å². The van der Waals surface area contributed by atoms with Crippen LogP contribution in [0.4, 0.5) is 0 Å². The average molecular weight is 344 g/mol. The lowest BCUT2D eigenvalue weighted by Crippen LogP contribution is -2.64. The lowest BCUT2D eigenvalue weighted by molar-refractivity contribution is -0.145. The number of rotatable bonds is 4. The summed E-state index contributed by atoms with van der Waals surface area (Å²) in [6.07, 6.45) is 3.63. The van der Waals surface area contributed by atoms with Crippen LogP contribution in [0.25, 0.3) is 0 Å². The SMILES string of the molecule is O=C(c1cc(=O)[nH]c(C2CC2)n1)N1CC(NC(=O)C23CC(CO2)C3)C1. The molecule has 2 N–H and O–H groups in total. The molecule has 25 heavy (non-hydrogen) atoms. The Labute approximate surface area is 143 Å². The van der Waals surface area contributed by atoms with Gasteiger partial charge in [0, 0.05) is 25.1 Å². The van der Waals surface area contributed by atoms with E-state index < -0.39 is 5.60 Å². The van der Waals surface area contributed by atoms with Crippen molar-refractivity contribution in [3.05, 3.63) is 27.9 Å². The van der Waals surface area contributed by atoms with Gasteiger partial charge in [0.2, 0.25) is 0 Å². The van der Waals surface area contributed by atoms with Gasteiger partial charge >= 0.3 is 0 Å². The second-order valence-corrected chi connectivity index (χ2v) is 7.75. The number of carbonyl (C=O) groups excluding carboxylic acids is 2. The summed E-state index contributed by atoms with van der Waals surface area (Å²) in [6, 6.07) is 1.19. The summed E-state index contributed by atoms with van der Waals surface area (Å²) in [5.41, 5.74) is -0.708. The molecule has 8 nitrogen and oxygen atoms in total. The standard InChI is InChI=1S/C17H20N4O4/c22-13-3-12(19-14(20-13)10-1-2-10)15(23)21-6-11(7-21)18-16(24)17-4-9(5-17)8-25-17/h3,9-11H,1-2,4-8H2,(H,18,24)(H,19,20,22). The zero-order valence-corrected chi connectivity index (χ0v) is 13.8. The van der Waals surface area contributed by atoms with E-state index >= 15 is 0 Å². The normalized spacial score (nSPS) is 30.6. The van der Waals surface area contributed by atoms with E-state index in [1.807, 2.05) is 0 Å². The second-order valence-electron chi connectivity index (χ2n) is 7.75. The first-order valence-electron chi connectivity index (χ1n) is 8.88. The van der Waals surface area contributed by atoms with E-state index in [4.69, 9.17) is 4.74 Å². The molecule has 1 aromatic heterocycles. The molecule has 0 atom stereocenters. The predicted molar refractivity (Wildman–Crippen MR) is 86.1 cm³/mol. The Kier molecular flexibility index (Phi) is 3.10. The minimum atomic E-state index is -0.609. The summed E-state index contributed by atoms with van der Waals surface area (Å²) in [7, 11) is 0. The number of nitrogens with zero attached hydrogens (tertiary/aromatic N) is 2. The van der Waals surface area contributed by atoms with E-state index in [2.05, 4.69) is 15.3 Å². The molecule has 2 bridgehead atoms. The minimum Gasteiger partial charge on any atom is -0.365 e. The Morgan fingerprint density at radius 3 is 2.72 bits per heavy atom. The van der Waals surface area contributed by atoms with Crippen molar-refractivity contribution >= 4 is 11.8 Å². The molecule has 5 fully saturated rings. The van der Waals surface area contributed by atoms with E-state index in [0.29, 0.717) is 31.4 Å². The molecule has 4 heterocycles. The maximum absolute atomic E-state index is 12.5. The maximum Gasteiger partial charge on any atom is 0.272 e. The number of amides is 2. The third-order valence-corrected chi connectivity index (χ3v) is 5.69. The van der Waals surface area contributed by atoms with Crippen molar-refractivity contribution in [1.29, 1.82) is 0 Å². The van der Waals surface area contributed by atoms with Gasteiger partial charge in [-0.15, -0.1) is 0 Å². The van der Waals surface area contributed by atoms with Gasteiger partial charge in [-0.2, -0.15) is 0 Å². The fourth-order valence-electron chi connectivity index (χ4n) is 3.99. The number of carbonyl (C=O) groups is 2. The molecule has 5 aliphatic rings. The first-order valence-corrected chi connectivity index (χ1v) is 8.88. The zero-order chi connectivity index (χ0) is 17.2. The molecular weight excluding hydrogens is 324 g/mol. The number of aromatic nitrogens is 2. The van der Waals surface area contributed by atoms with Crippen LogP contribution in [-0.4, -0.2) is 58.0 Å². The van der Waals surface area contributed by atoms with Crippen molar-refractivity contribution in [2.75, 3.05) is 19.7 Å². The van der Waals surface area contributed by atoms with Gasteiger partial charge in [-0.25, -0.2) is 4.98 Å². The Morgan fingerprint density at radius 2 is 2.08 bits per heavy atom. The van der Waals surface area contributed by atoms with Crippen LogP contribution in [-0.2, 0) is 9.53 Å². The van der Waals surface area contributed by atoms with Gasteiger partial charge in [-0.05, 0) is 31.6 Å². The lowest BCUT2D eigenvalue weighted by atomic mass is 9.74. The molecule has 0 unspecified atom stereocenters. The molecule has 2 aliphatic carbocycles. The number of ether oxygens (including phenoxy) is 1. The molecule has 6 rings (SSSR count). The number of H-pyrrole nitrogens is 1. The summed E-state index contributed by atoms with van der Waals surface area (Å²) in [5, 5.41) is 2.98. The van der Waals surface area contributed by atoms with Gasteiger partial charge in [0.05, 0.1) is 12.6 Å². The van der Waals surface area contributed by atoms with E-state index in [0.717, 1.165) is 25.7 Å². The van der Waals surface area contributed by atoms with Crippen LogP contribution >= 0.6 is 0 Å². The Balaban J connectivity index is 1.20. The largest absolute Gasteiger partial charge is 0.365 e. The second kappa shape index (κ2) is 5.14. The number of nitrogens with one attached hydrogen (secondary N) is 2. The lowest BCUT2D eigenvalue weighted by Gasteiger charge is -2.42. The zero-order valence-electron chi connectivity index (χ0n) is 13.8. The van der Waals surface area contributed by atoms with Crippen molar-refractivity contribution < 1.29 is 14.3 Å². The topological polar surface area (TPSA) is 104 Å². The molecule has 132 valence electrons. The third-order valence-electron chi connectivity index (χ3n) is 5.69. The number of hydrogen-bond acceptors (Lipinski definition) is 5. The molecule has 1 aromatic rings. The van der Waals surface area contributed by atoms with Crippen LogP contribution in [0.1, 0.15) is 47.9 Å². The van der Waals surface area contributed by atoms with Crippen LogP contribution in [0.3, 0.4) is 0 Å². The molecule has 8 heteroatoms. The van der Waals surface area contributed by atoms with Crippen molar-refractivity contribution in [2.45, 2.75) is 43.2 Å². The smallest absolute Gasteiger partial charge is 0.272 e. The summed E-state index contributed by atoms with van der Waals surface area (Å²) < 4.78 is 5.60.